The summed E-state index contributed by atoms with van der Waals surface area (Å²) in [5, 5.41) is 13.2. The van der Waals surface area contributed by atoms with Crippen LogP contribution in [-0.4, -0.2) is 65.5 Å². The summed E-state index contributed by atoms with van der Waals surface area (Å²) in [4.78, 5) is 40.2. The van der Waals surface area contributed by atoms with Crippen LogP contribution in [0.15, 0.2) is 78.9 Å². The Hall–Kier alpha value is -4.17. The Bertz CT molecular complexity index is 1290. The number of nitrogens with one attached hydrogen (secondary N) is 1. The highest BCUT2D eigenvalue weighted by Crippen LogP contribution is 2.39. The minimum atomic E-state index is -0.944. The number of fused-ring (bicyclic) bond motifs is 3. The van der Waals surface area contributed by atoms with Crippen LogP contribution in [0.25, 0.3) is 0 Å². The molecule has 0 saturated carbocycles. The highest BCUT2D eigenvalue weighted by Gasteiger charge is 2.43. The third kappa shape index (κ3) is 5.70. The van der Waals surface area contributed by atoms with Crippen LogP contribution in [0.5, 0.6) is 5.75 Å². The van der Waals surface area contributed by atoms with Gasteiger partial charge in [0, 0.05) is 17.8 Å². The van der Waals surface area contributed by atoms with Crippen molar-refractivity contribution in [1.82, 2.24) is 9.80 Å². The molecule has 2 bridgehead atoms. The van der Waals surface area contributed by atoms with E-state index in [-0.39, 0.29) is 18.6 Å². The Kier molecular flexibility index (Phi) is 7.70. The quantitative estimate of drug-likeness (QED) is 0.403. The fourth-order valence-electron chi connectivity index (χ4n) is 5.65. The predicted octanol–water partition coefficient (Wildman–Crippen LogP) is 4.68. The van der Waals surface area contributed by atoms with Crippen molar-refractivity contribution < 1.29 is 24.2 Å². The number of benzene rings is 3. The minimum Gasteiger partial charge on any atom is -0.484 e. The Morgan fingerprint density at radius 1 is 1.00 bits per heavy atom. The molecule has 3 aromatic carbocycles. The van der Waals surface area contributed by atoms with Gasteiger partial charge in [0.05, 0.1) is 12.1 Å². The maximum atomic E-state index is 12.8. The molecule has 6 rings (SSSR count). The van der Waals surface area contributed by atoms with Crippen LogP contribution in [-0.2, 0) is 4.79 Å². The number of anilines is 1. The first kappa shape index (κ1) is 25.5. The molecule has 8 nitrogen and oxygen atoms in total. The Labute approximate surface area is 221 Å². The molecule has 3 heterocycles. The van der Waals surface area contributed by atoms with Gasteiger partial charge in [-0.2, -0.15) is 0 Å². The smallest absolute Gasteiger partial charge is 0.408 e. The van der Waals surface area contributed by atoms with Gasteiger partial charge < -0.3 is 20.1 Å². The topological polar surface area (TPSA) is 99.2 Å². The zero-order valence-electron chi connectivity index (χ0n) is 21.0. The highest BCUT2D eigenvalue weighted by atomic mass is 16.5. The lowest BCUT2D eigenvalue weighted by Crippen LogP contribution is -2.59. The number of carbonyl (C=O) groups excluding carboxylic acids is 2. The van der Waals surface area contributed by atoms with Crippen molar-refractivity contribution in [3.05, 3.63) is 95.6 Å². The van der Waals surface area contributed by atoms with Crippen molar-refractivity contribution in [2.75, 3.05) is 31.6 Å². The zero-order valence-corrected chi connectivity index (χ0v) is 21.0. The largest absolute Gasteiger partial charge is 0.484 e. The van der Waals surface area contributed by atoms with Gasteiger partial charge in [-0.05, 0) is 67.2 Å². The van der Waals surface area contributed by atoms with Crippen LogP contribution >= 0.6 is 0 Å². The van der Waals surface area contributed by atoms with E-state index in [0.29, 0.717) is 22.9 Å². The lowest BCUT2D eigenvalue weighted by Gasteiger charge is -2.50. The molecule has 0 aliphatic carbocycles. The molecule has 0 spiro atoms. The molecule has 3 aliphatic heterocycles. The van der Waals surface area contributed by atoms with Gasteiger partial charge in [-0.15, -0.1) is 0 Å². The molecule has 196 valence electrons. The summed E-state index contributed by atoms with van der Waals surface area (Å²) in [7, 11) is 0. The van der Waals surface area contributed by atoms with Crippen molar-refractivity contribution in [1.29, 1.82) is 0 Å². The number of hydrogen-bond acceptors (Lipinski definition) is 5. The average molecular weight is 514 g/mol. The van der Waals surface area contributed by atoms with Gasteiger partial charge in [-0.3, -0.25) is 14.5 Å². The number of nitrogens with zero attached hydrogens (tertiary/aromatic N) is 2. The van der Waals surface area contributed by atoms with E-state index < -0.39 is 12.1 Å². The molecule has 0 unspecified atom stereocenters. The minimum absolute atomic E-state index is 0.0994. The molecule has 3 aliphatic rings. The number of amides is 2. The highest BCUT2D eigenvalue weighted by molar-refractivity contribution is 5.92. The Morgan fingerprint density at radius 3 is 2.42 bits per heavy atom. The van der Waals surface area contributed by atoms with Gasteiger partial charge in [-0.25, -0.2) is 4.79 Å². The second-order valence-corrected chi connectivity index (χ2v) is 9.86. The van der Waals surface area contributed by atoms with Gasteiger partial charge in [0.25, 0.3) is 5.91 Å². The number of hydrogen-bond donors (Lipinski definition) is 2. The molecule has 0 radical (unpaired) electrons. The summed E-state index contributed by atoms with van der Waals surface area (Å²) in [6, 6.07) is 23.0. The van der Waals surface area contributed by atoms with Gasteiger partial charge in [0.15, 0.2) is 6.61 Å². The number of piperidine rings is 3. The van der Waals surface area contributed by atoms with E-state index in [1.807, 2.05) is 48.5 Å². The fraction of sp³-hybridized carbons (Fsp3) is 0.300. The van der Waals surface area contributed by atoms with E-state index in [9.17, 15) is 19.5 Å². The SMILES string of the molecule is O=Cc1cccc(NC(=O)COc2cccc([C@H](c3ccccc3)N(C(=O)O)[C@H]3CN4CCC3CC4)c2)c1. The number of carboxylic acid groups (broad SMARTS) is 1. The molecule has 0 aromatic heterocycles. The maximum Gasteiger partial charge on any atom is 0.408 e. The molecule has 3 aromatic rings. The van der Waals surface area contributed by atoms with Gasteiger partial charge in [0.2, 0.25) is 0 Å². The van der Waals surface area contributed by atoms with E-state index in [0.717, 1.165) is 49.9 Å². The lowest BCUT2D eigenvalue weighted by molar-refractivity contribution is -0.118. The first-order valence-corrected chi connectivity index (χ1v) is 12.9. The van der Waals surface area contributed by atoms with Crippen LogP contribution < -0.4 is 10.1 Å². The average Bonchev–Trinajstić information content (AvgIpc) is 2.96. The molecule has 3 saturated heterocycles. The number of ether oxygens (including phenoxy) is 1. The van der Waals surface area contributed by atoms with Crippen molar-refractivity contribution in [2.45, 2.75) is 24.9 Å². The third-order valence-electron chi connectivity index (χ3n) is 7.44. The maximum absolute atomic E-state index is 12.8. The van der Waals surface area contributed by atoms with Gasteiger partial charge in [0.1, 0.15) is 12.0 Å². The van der Waals surface area contributed by atoms with Crippen LogP contribution in [0.4, 0.5) is 10.5 Å². The molecule has 2 N–H and O–H groups in total. The first-order chi connectivity index (χ1) is 18.5. The van der Waals surface area contributed by atoms with E-state index in [4.69, 9.17) is 4.74 Å². The molecule has 8 heteroatoms. The summed E-state index contributed by atoms with van der Waals surface area (Å²) >= 11 is 0. The van der Waals surface area contributed by atoms with E-state index in [2.05, 4.69) is 10.2 Å². The second-order valence-electron chi connectivity index (χ2n) is 9.86. The molecular formula is C30H31N3O5. The number of aldehydes is 1. The third-order valence-corrected chi connectivity index (χ3v) is 7.44. The molecule has 2 atom stereocenters. The summed E-state index contributed by atoms with van der Waals surface area (Å²) < 4.78 is 5.80. The number of rotatable bonds is 9. The van der Waals surface area contributed by atoms with Crippen LogP contribution in [0, 0.1) is 5.92 Å². The number of carbonyl (C=O) groups is 3. The molecule has 38 heavy (non-hydrogen) atoms. The first-order valence-electron chi connectivity index (χ1n) is 12.9. The van der Waals surface area contributed by atoms with Gasteiger partial charge >= 0.3 is 6.09 Å². The van der Waals surface area contributed by atoms with Crippen molar-refractivity contribution >= 4 is 24.0 Å². The van der Waals surface area contributed by atoms with Crippen LogP contribution in [0.1, 0.15) is 40.4 Å². The van der Waals surface area contributed by atoms with Crippen molar-refractivity contribution in [3.63, 3.8) is 0 Å². The van der Waals surface area contributed by atoms with Crippen LogP contribution in [0.2, 0.25) is 0 Å². The normalized spacial score (nSPS) is 20.8. The zero-order chi connectivity index (χ0) is 26.5. The van der Waals surface area contributed by atoms with Gasteiger partial charge in [-0.1, -0.05) is 54.6 Å². The Morgan fingerprint density at radius 2 is 1.74 bits per heavy atom. The monoisotopic (exact) mass is 513 g/mol. The molecule has 2 amide bonds. The van der Waals surface area contributed by atoms with E-state index in [1.165, 1.54) is 0 Å². The second kappa shape index (κ2) is 11.5. The molecule has 3 fully saturated rings. The molecular weight excluding hydrogens is 482 g/mol. The standard InChI is InChI=1S/C30H31N3O5/c34-19-21-6-4-10-25(16-21)31-28(35)20-38-26-11-5-9-24(17-26)29(23-7-2-1-3-8-23)33(30(36)37)27-18-32-14-12-22(27)13-15-32/h1-11,16-17,19,22,27,29H,12-15,18,20H2,(H,31,35)(H,36,37)/t27-,29-/m0/s1. The summed E-state index contributed by atoms with van der Waals surface area (Å²) in [6.45, 7) is 2.56. The predicted molar refractivity (Wildman–Crippen MR) is 143 cm³/mol. The van der Waals surface area contributed by atoms with E-state index >= 15 is 0 Å². The lowest BCUT2D eigenvalue weighted by atomic mass is 9.81. The fourth-order valence-corrected chi connectivity index (χ4v) is 5.65. The van der Waals surface area contributed by atoms with Crippen LogP contribution in [0.3, 0.4) is 0 Å². The van der Waals surface area contributed by atoms with Crippen molar-refractivity contribution in [3.8, 4) is 5.75 Å². The summed E-state index contributed by atoms with van der Waals surface area (Å²) in [5.41, 5.74) is 2.65. The van der Waals surface area contributed by atoms with Crippen molar-refractivity contribution in [2.24, 2.45) is 5.92 Å². The summed E-state index contributed by atoms with van der Waals surface area (Å²) in [6.07, 6.45) is 1.78. The Balaban J connectivity index is 1.37. The van der Waals surface area contributed by atoms with E-state index in [1.54, 1.807) is 35.2 Å². The summed E-state index contributed by atoms with van der Waals surface area (Å²) in [5.74, 6) is 0.445.